The lowest BCUT2D eigenvalue weighted by atomic mass is 10.1. The second-order valence-corrected chi connectivity index (χ2v) is 8.78. The zero-order chi connectivity index (χ0) is 24.4. The van der Waals surface area contributed by atoms with E-state index in [9.17, 15) is 14.4 Å². The summed E-state index contributed by atoms with van der Waals surface area (Å²) in [4.78, 5) is 40.2. The van der Waals surface area contributed by atoms with Gasteiger partial charge in [0.1, 0.15) is 0 Å². The lowest BCUT2D eigenvalue weighted by molar-refractivity contribution is 0.0724. The Balaban J connectivity index is 1.30. The standard InChI is InChI=1S/C28H26N4O3/c1-19-24-7-3-4-8-25(24)28(35)32(30-19)23-15-11-20(12-16-23)26(33)29-22-13-9-21(10-14-22)27(34)31-17-5-2-6-18-31/h3-4,7-16H,2,5-6,17-18H2,1H3,(H,29,33). The topological polar surface area (TPSA) is 84.3 Å². The molecule has 0 radical (unpaired) electrons. The van der Waals surface area contributed by atoms with Crippen molar-refractivity contribution in [3.05, 3.63) is 100.0 Å². The van der Waals surface area contributed by atoms with E-state index >= 15 is 0 Å². The summed E-state index contributed by atoms with van der Waals surface area (Å²) in [5, 5.41) is 8.73. The molecular weight excluding hydrogens is 440 g/mol. The van der Waals surface area contributed by atoms with Gasteiger partial charge in [0.25, 0.3) is 17.4 Å². The second-order valence-electron chi connectivity index (χ2n) is 8.78. The highest BCUT2D eigenvalue weighted by molar-refractivity contribution is 6.04. The molecule has 1 saturated heterocycles. The van der Waals surface area contributed by atoms with Gasteiger partial charge in [0, 0.05) is 35.3 Å². The van der Waals surface area contributed by atoms with Gasteiger partial charge in [-0.1, -0.05) is 18.2 Å². The number of likely N-dealkylation sites (tertiary alicyclic amines) is 1. The van der Waals surface area contributed by atoms with Crippen molar-refractivity contribution in [1.82, 2.24) is 14.7 Å². The van der Waals surface area contributed by atoms with Crippen molar-refractivity contribution < 1.29 is 9.59 Å². The molecule has 7 nitrogen and oxygen atoms in total. The first kappa shape index (κ1) is 22.5. The van der Waals surface area contributed by atoms with E-state index in [2.05, 4.69) is 10.4 Å². The SMILES string of the molecule is Cc1nn(-c2ccc(C(=O)Nc3ccc(C(=O)N4CCCCC4)cc3)cc2)c(=O)c2ccccc12. The summed E-state index contributed by atoms with van der Waals surface area (Å²) in [6.07, 6.45) is 3.26. The maximum absolute atomic E-state index is 12.9. The number of nitrogens with zero attached hydrogens (tertiary/aromatic N) is 3. The van der Waals surface area contributed by atoms with Crippen LogP contribution in [-0.2, 0) is 0 Å². The molecule has 0 unspecified atom stereocenters. The van der Waals surface area contributed by atoms with Crippen LogP contribution in [-0.4, -0.2) is 39.6 Å². The average molecular weight is 467 g/mol. The number of hydrogen-bond acceptors (Lipinski definition) is 4. The fraction of sp³-hybridized carbons (Fsp3) is 0.214. The van der Waals surface area contributed by atoms with E-state index in [4.69, 9.17) is 0 Å². The Morgan fingerprint density at radius 2 is 1.43 bits per heavy atom. The molecule has 0 atom stereocenters. The number of aryl methyl sites for hydroxylation is 1. The molecule has 1 N–H and O–H groups in total. The molecular formula is C28H26N4O3. The Kier molecular flexibility index (Phi) is 6.14. The molecule has 0 aliphatic carbocycles. The Morgan fingerprint density at radius 1 is 0.800 bits per heavy atom. The highest BCUT2D eigenvalue weighted by Crippen LogP contribution is 2.18. The summed E-state index contributed by atoms with van der Waals surface area (Å²) >= 11 is 0. The largest absolute Gasteiger partial charge is 0.339 e. The third-order valence-corrected chi connectivity index (χ3v) is 6.40. The number of fused-ring (bicyclic) bond motifs is 1. The fourth-order valence-electron chi connectivity index (χ4n) is 4.46. The van der Waals surface area contributed by atoms with Crippen LogP contribution in [0.4, 0.5) is 5.69 Å². The summed E-state index contributed by atoms with van der Waals surface area (Å²) in [5.41, 5.74) is 2.82. The van der Waals surface area contributed by atoms with Crippen molar-refractivity contribution in [1.29, 1.82) is 0 Å². The average Bonchev–Trinajstić information content (AvgIpc) is 2.91. The molecule has 1 aliphatic rings. The number of benzene rings is 3. The summed E-state index contributed by atoms with van der Waals surface area (Å²) < 4.78 is 1.36. The lowest BCUT2D eigenvalue weighted by Crippen LogP contribution is -2.35. The minimum atomic E-state index is -0.276. The molecule has 2 heterocycles. The van der Waals surface area contributed by atoms with Crippen LogP contribution in [0.5, 0.6) is 0 Å². The maximum Gasteiger partial charge on any atom is 0.279 e. The van der Waals surface area contributed by atoms with Gasteiger partial charge in [0.2, 0.25) is 0 Å². The number of rotatable bonds is 4. The smallest absolute Gasteiger partial charge is 0.279 e. The molecule has 1 aromatic heterocycles. The number of hydrogen-bond donors (Lipinski definition) is 1. The minimum Gasteiger partial charge on any atom is -0.339 e. The van der Waals surface area contributed by atoms with Crippen LogP contribution in [0.3, 0.4) is 0 Å². The van der Waals surface area contributed by atoms with Crippen molar-refractivity contribution in [3.8, 4) is 5.69 Å². The van der Waals surface area contributed by atoms with Crippen LogP contribution in [0.15, 0.2) is 77.6 Å². The molecule has 4 aromatic rings. The number of aromatic nitrogens is 2. The van der Waals surface area contributed by atoms with Gasteiger partial charge < -0.3 is 10.2 Å². The Bertz CT molecular complexity index is 1450. The van der Waals surface area contributed by atoms with Crippen LogP contribution < -0.4 is 10.9 Å². The molecule has 0 bridgehead atoms. The van der Waals surface area contributed by atoms with E-state index in [1.165, 1.54) is 11.1 Å². The van der Waals surface area contributed by atoms with Gasteiger partial charge in [-0.2, -0.15) is 9.78 Å². The first-order valence-corrected chi connectivity index (χ1v) is 11.8. The molecule has 5 rings (SSSR count). The van der Waals surface area contributed by atoms with Gasteiger partial charge in [0.05, 0.1) is 16.8 Å². The van der Waals surface area contributed by atoms with Crippen LogP contribution >= 0.6 is 0 Å². The van der Waals surface area contributed by atoms with Crippen LogP contribution in [0.25, 0.3) is 16.5 Å². The van der Waals surface area contributed by atoms with Gasteiger partial charge in [-0.15, -0.1) is 0 Å². The third kappa shape index (κ3) is 4.57. The first-order chi connectivity index (χ1) is 17.0. The summed E-state index contributed by atoms with van der Waals surface area (Å²) in [6, 6.07) is 21.1. The third-order valence-electron chi connectivity index (χ3n) is 6.40. The summed E-state index contributed by atoms with van der Waals surface area (Å²) in [6.45, 7) is 3.47. The Morgan fingerprint density at radius 3 is 2.11 bits per heavy atom. The van der Waals surface area contributed by atoms with Crippen LogP contribution in [0.1, 0.15) is 45.7 Å². The van der Waals surface area contributed by atoms with Crippen molar-refractivity contribution in [2.24, 2.45) is 0 Å². The fourth-order valence-corrected chi connectivity index (χ4v) is 4.46. The zero-order valence-corrected chi connectivity index (χ0v) is 19.5. The van der Waals surface area contributed by atoms with Crippen LogP contribution in [0, 0.1) is 6.92 Å². The van der Waals surface area contributed by atoms with Crippen molar-refractivity contribution in [3.63, 3.8) is 0 Å². The maximum atomic E-state index is 12.9. The van der Waals surface area contributed by atoms with Crippen molar-refractivity contribution in [2.45, 2.75) is 26.2 Å². The number of amides is 2. The summed E-state index contributed by atoms with van der Waals surface area (Å²) in [5.74, 6) is -0.243. The van der Waals surface area contributed by atoms with Crippen LogP contribution in [0.2, 0.25) is 0 Å². The van der Waals surface area contributed by atoms with E-state index < -0.39 is 0 Å². The van der Waals surface area contributed by atoms with Gasteiger partial charge in [-0.3, -0.25) is 14.4 Å². The number of anilines is 1. The summed E-state index contributed by atoms with van der Waals surface area (Å²) in [7, 11) is 0. The molecule has 7 heteroatoms. The van der Waals surface area contributed by atoms with E-state index in [-0.39, 0.29) is 17.4 Å². The predicted molar refractivity (Wildman–Crippen MR) is 136 cm³/mol. The van der Waals surface area contributed by atoms with E-state index in [1.807, 2.05) is 30.0 Å². The molecule has 0 saturated carbocycles. The number of carbonyl (C=O) groups excluding carboxylic acids is 2. The first-order valence-electron chi connectivity index (χ1n) is 11.8. The van der Waals surface area contributed by atoms with Gasteiger partial charge in [-0.05, 0) is 80.8 Å². The zero-order valence-electron chi connectivity index (χ0n) is 19.5. The Labute approximate surface area is 203 Å². The Hall–Kier alpha value is -4.26. The minimum absolute atomic E-state index is 0.0333. The molecule has 2 amide bonds. The normalized spacial score (nSPS) is 13.6. The van der Waals surface area contributed by atoms with Gasteiger partial charge >= 0.3 is 0 Å². The number of nitrogens with one attached hydrogen (secondary N) is 1. The van der Waals surface area contributed by atoms with Gasteiger partial charge in [-0.25, -0.2) is 0 Å². The number of piperidine rings is 1. The van der Waals surface area contributed by atoms with E-state index in [0.717, 1.165) is 37.0 Å². The molecule has 35 heavy (non-hydrogen) atoms. The molecule has 1 fully saturated rings. The predicted octanol–water partition coefficient (Wildman–Crippen LogP) is 4.57. The van der Waals surface area contributed by atoms with Crippen molar-refractivity contribution in [2.75, 3.05) is 18.4 Å². The monoisotopic (exact) mass is 466 g/mol. The quantitative estimate of drug-likeness (QED) is 0.477. The molecule has 176 valence electrons. The number of carbonyl (C=O) groups is 2. The molecule has 0 spiro atoms. The van der Waals surface area contributed by atoms with Crippen molar-refractivity contribution >= 4 is 28.3 Å². The van der Waals surface area contributed by atoms with E-state index in [0.29, 0.717) is 27.9 Å². The molecule has 1 aliphatic heterocycles. The second kappa shape index (κ2) is 9.54. The van der Waals surface area contributed by atoms with Gasteiger partial charge in [0.15, 0.2) is 0 Å². The lowest BCUT2D eigenvalue weighted by Gasteiger charge is -2.26. The highest BCUT2D eigenvalue weighted by atomic mass is 16.2. The molecule has 3 aromatic carbocycles. The van der Waals surface area contributed by atoms with E-state index in [1.54, 1.807) is 54.6 Å². The highest BCUT2D eigenvalue weighted by Gasteiger charge is 2.18.